The van der Waals surface area contributed by atoms with Gasteiger partial charge in [-0.2, -0.15) is 13.2 Å². The van der Waals surface area contributed by atoms with E-state index >= 15 is 0 Å². The molecule has 7 nitrogen and oxygen atoms in total. The Labute approximate surface area is 202 Å². The van der Waals surface area contributed by atoms with Crippen molar-refractivity contribution in [1.82, 2.24) is 15.2 Å². The predicted molar refractivity (Wildman–Crippen MR) is 128 cm³/mol. The Hall–Kier alpha value is -2.73. The number of benzene rings is 2. The lowest BCUT2D eigenvalue weighted by atomic mass is 10.2. The van der Waals surface area contributed by atoms with Crippen LogP contribution in [0.2, 0.25) is 0 Å². The zero-order chi connectivity index (χ0) is 24.9. The molecular weight excluding hydrogens is 481 g/mol. The second-order valence-electron chi connectivity index (χ2n) is 8.29. The van der Waals surface area contributed by atoms with E-state index in [-0.39, 0.29) is 10.6 Å². The Morgan fingerprint density at radius 2 is 1.74 bits per heavy atom. The van der Waals surface area contributed by atoms with Crippen LogP contribution < -0.4 is 10.0 Å². The van der Waals surface area contributed by atoms with E-state index in [1.807, 2.05) is 18.2 Å². The first-order chi connectivity index (χ1) is 16.7. The van der Waals surface area contributed by atoms with Crippen molar-refractivity contribution >= 4 is 26.6 Å². The van der Waals surface area contributed by atoms with Crippen LogP contribution in [-0.2, 0) is 27.5 Å². The van der Waals surface area contributed by atoms with E-state index in [0.29, 0.717) is 12.1 Å². The zero-order valence-corrected chi connectivity index (χ0v) is 19.8. The van der Waals surface area contributed by atoms with Crippen molar-refractivity contribution in [3.8, 4) is 0 Å². The average Bonchev–Trinajstić information content (AvgIpc) is 2.84. The summed E-state index contributed by atoms with van der Waals surface area (Å²) in [5.41, 5.74) is 0.572. The monoisotopic (exact) mass is 508 g/mol. The van der Waals surface area contributed by atoms with E-state index in [1.54, 1.807) is 12.1 Å². The molecule has 0 atom stereocenters. The van der Waals surface area contributed by atoms with Gasteiger partial charge in [-0.15, -0.1) is 0 Å². The molecule has 0 spiro atoms. The minimum Gasteiger partial charge on any atom is -0.379 e. The van der Waals surface area contributed by atoms with E-state index in [0.717, 1.165) is 81.2 Å². The van der Waals surface area contributed by atoms with Gasteiger partial charge < -0.3 is 10.1 Å². The summed E-state index contributed by atoms with van der Waals surface area (Å²) in [5.74, 6) is 0. The number of morpholine rings is 1. The molecule has 0 amide bonds. The Balaban J connectivity index is 1.42. The largest absolute Gasteiger partial charge is 0.416 e. The SMILES string of the molecule is O=S(=O)(Nc1cccc2ccc(CNCCCN3CCOCC3)nc12)c1ccc(C(F)(F)F)cc1. The number of alkyl halides is 3. The summed E-state index contributed by atoms with van der Waals surface area (Å²) in [6.45, 7) is 5.81. The standard InChI is InChI=1S/C24H27F3N4O3S/c25-24(26,27)19-6-9-21(10-7-19)35(32,33)30-22-4-1-3-18-5-8-20(29-23(18)22)17-28-11-2-12-31-13-15-34-16-14-31/h1,3-10,28,30H,2,11-17H2. The molecular formula is C24H27F3N4O3S. The van der Waals surface area contributed by atoms with Gasteiger partial charge in [0.05, 0.1) is 40.6 Å². The highest BCUT2D eigenvalue weighted by atomic mass is 32.2. The molecule has 2 N–H and O–H groups in total. The number of halogens is 3. The Bertz CT molecular complexity index is 1250. The fourth-order valence-electron chi connectivity index (χ4n) is 3.86. The molecule has 1 fully saturated rings. The lowest BCUT2D eigenvalue weighted by Gasteiger charge is -2.26. The number of rotatable bonds is 9. The second-order valence-corrected chi connectivity index (χ2v) is 9.97. The topological polar surface area (TPSA) is 83.6 Å². The number of sulfonamides is 1. The molecule has 35 heavy (non-hydrogen) atoms. The number of para-hydroxylation sites is 1. The molecule has 1 saturated heterocycles. The number of hydrogen-bond donors (Lipinski definition) is 2. The first-order valence-corrected chi connectivity index (χ1v) is 12.8. The molecule has 1 aromatic heterocycles. The quantitative estimate of drug-likeness (QED) is 0.427. The highest BCUT2D eigenvalue weighted by Crippen LogP contribution is 2.30. The maximum Gasteiger partial charge on any atom is 0.416 e. The number of ether oxygens (including phenoxy) is 1. The molecule has 0 radical (unpaired) electrons. The summed E-state index contributed by atoms with van der Waals surface area (Å²) < 4.78 is 71.9. The van der Waals surface area contributed by atoms with Gasteiger partial charge in [0.15, 0.2) is 0 Å². The maximum atomic E-state index is 12.8. The highest BCUT2D eigenvalue weighted by molar-refractivity contribution is 7.92. The summed E-state index contributed by atoms with van der Waals surface area (Å²) in [4.78, 5) is 6.73. The first kappa shape index (κ1) is 25.4. The van der Waals surface area contributed by atoms with Gasteiger partial charge in [-0.3, -0.25) is 9.62 Å². The number of fused-ring (bicyclic) bond motifs is 1. The smallest absolute Gasteiger partial charge is 0.379 e. The van der Waals surface area contributed by atoms with Crippen molar-refractivity contribution in [1.29, 1.82) is 0 Å². The zero-order valence-electron chi connectivity index (χ0n) is 19.0. The predicted octanol–water partition coefficient (Wildman–Crippen LogP) is 3.87. The van der Waals surface area contributed by atoms with Crippen LogP contribution in [0.25, 0.3) is 10.9 Å². The lowest BCUT2D eigenvalue weighted by Crippen LogP contribution is -2.37. The summed E-state index contributed by atoms with van der Waals surface area (Å²) >= 11 is 0. The van der Waals surface area contributed by atoms with Crippen molar-refractivity contribution in [3.05, 3.63) is 65.9 Å². The Kier molecular flexibility index (Phi) is 7.90. The molecule has 1 aliphatic rings. The normalized spacial score (nSPS) is 15.4. The molecule has 4 rings (SSSR count). The van der Waals surface area contributed by atoms with E-state index < -0.39 is 21.8 Å². The fourth-order valence-corrected chi connectivity index (χ4v) is 4.93. The fraction of sp³-hybridized carbons (Fsp3) is 0.375. The van der Waals surface area contributed by atoms with Crippen molar-refractivity contribution in [2.75, 3.05) is 44.1 Å². The highest BCUT2D eigenvalue weighted by Gasteiger charge is 2.30. The molecule has 0 aliphatic carbocycles. The third kappa shape index (κ3) is 6.69. The molecule has 0 bridgehead atoms. The minimum absolute atomic E-state index is 0.261. The van der Waals surface area contributed by atoms with Gasteiger partial charge in [0.25, 0.3) is 10.0 Å². The van der Waals surface area contributed by atoms with Crippen molar-refractivity contribution in [3.63, 3.8) is 0 Å². The van der Waals surface area contributed by atoms with Crippen molar-refractivity contribution < 1.29 is 26.3 Å². The Morgan fingerprint density at radius 1 is 1.00 bits per heavy atom. The lowest BCUT2D eigenvalue weighted by molar-refractivity contribution is -0.137. The van der Waals surface area contributed by atoms with Gasteiger partial charge in [-0.05, 0) is 55.9 Å². The van der Waals surface area contributed by atoms with E-state index in [2.05, 4.69) is 19.9 Å². The number of anilines is 1. The molecule has 0 unspecified atom stereocenters. The van der Waals surface area contributed by atoms with Crippen LogP contribution >= 0.6 is 0 Å². The van der Waals surface area contributed by atoms with Crippen LogP contribution in [0.15, 0.2) is 59.5 Å². The third-order valence-corrected chi connectivity index (χ3v) is 7.13. The number of nitrogens with one attached hydrogen (secondary N) is 2. The molecule has 11 heteroatoms. The van der Waals surface area contributed by atoms with Gasteiger partial charge in [0, 0.05) is 25.0 Å². The molecule has 1 aliphatic heterocycles. The maximum absolute atomic E-state index is 12.8. The third-order valence-electron chi connectivity index (χ3n) is 5.75. The summed E-state index contributed by atoms with van der Waals surface area (Å²) in [7, 11) is -4.10. The van der Waals surface area contributed by atoms with Crippen LogP contribution in [0, 0.1) is 0 Å². The Morgan fingerprint density at radius 3 is 2.46 bits per heavy atom. The molecule has 3 aromatic rings. The number of pyridine rings is 1. The van der Waals surface area contributed by atoms with E-state index in [1.165, 1.54) is 0 Å². The average molecular weight is 509 g/mol. The number of hydrogen-bond acceptors (Lipinski definition) is 6. The molecule has 0 saturated carbocycles. The van der Waals surface area contributed by atoms with Crippen molar-refractivity contribution in [2.24, 2.45) is 0 Å². The summed E-state index contributed by atoms with van der Waals surface area (Å²) in [5, 5.41) is 4.11. The first-order valence-electron chi connectivity index (χ1n) is 11.3. The van der Waals surface area contributed by atoms with Gasteiger partial charge in [0.2, 0.25) is 0 Å². The summed E-state index contributed by atoms with van der Waals surface area (Å²) in [6, 6.07) is 12.2. The second kappa shape index (κ2) is 10.9. The minimum atomic E-state index is -4.54. The molecule has 2 heterocycles. The van der Waals surface area contributed by atoms with Crippen LogP contribution in [-0.4, -0.2) is 57.7 Å². The van der Waals surface area contributed by atoms with Gasteiger partial charge in [0.1, 0.15) is 0 Å². The van der Waals surface area contributed by atoms with Gasteiger partial charge in [-0.25, -0.2) is 13.4 Å². The van der Waals surface area contributed by atoms with Crippen LogP contribution in [0.5, 0.6) is 0 Å². The molecule has 188 valence electrons. The number of nitrogens with zero attached hydrogens (tertiary/aromatic N) is 2. The van der Waals surface area contributed by atoms with Crippen LogP contribution in [0.1, 0.15) is 17.7 Å². The summed E-state index contributed by atoms with van der Waals surface area (Å²) in [6.07, 6.45) is -3.55. The van der Waals surface area contributed by atoms with Gasteiger partial charge >= 0.3 is 6.18 Å². The number of aromatic nitrogens is 1. The van der Waals surface area contributed by atoms with E-state index in [4.69, 9.17) is 4.74 Å². The van der Waals surface area contributed by atoms with Gasteiger partial charge in [-0.1, -0.05) is 18.2 Å². The van der Waals surface area contributed by atoms with E-state index in [9.17, 15) is 21.6 Å². The van der Waals surface area contributed by atoms with Crippen LogP contribution in [0.3, 0.4) is 0 Å². The molecule has 2 aromatic carbocycles. The van der Waals surface area contributed by atoms with Crippen molar-refractivity contribution in [2.45, 2.75) is 24.0 Å². The van der Waals surface area contributed by atoms with Crippen LogP contribution in [0.4, 0.5) is 18.9 Å².